The Balaban J connectivity index is 1.80. The fourth-order valence-corrected chi connectivity index (χ4v) is 2.51. The molecule has 1 aromatic carbocycles. The van der Waals surface area contributed by atoms with Gasteiger partial charge in [-0.1, -0.05) is 18.2 Å². The van der Waals surface area contributed by atoms with E-state index < -0.39 is 0 Å². The van der Waals surface area contributed by atoms with Gasteiger partial charge in [0.05, 0.1) is 6.61 Å². The van der Waals surface area contributed by atoms with Crippen LogP contribution in [0.2, 0.25) is 0 Å². The molecule has 7 nitrogen and oxygen atoms in total. The molecule has 1 saturated heterocycles. The Labute approximate surface area is 141 Å². The van der Waals surface area contributed by atoms with Crippen molar-refractivity contribution < 1.29 is 19.1 Å². The summed E-state index contributed by atoms with van der Waals surface area (Å²) in [5.41, 5.74) is 1.66. The maximum atomic E-state index is 12.2. The molecule has 1 aliphatic rings. The van der Waals surface area contributed by atoms with E-state index >= 15 is 0 Å². The molecule has 0 bridgehead atoms. The van der Waals surface area contributed by atoms with Crippen LogP contribution in [0.15, 0.2) is 24.3 Å². The van der Waals surface area contributed by atoms with Crippen LogP contribution in [0, 0.1) is 6.92 Å². The quantitative estimate of drug-likeness (QED) is 0.849. The summed E-state index contributed by atoms with van der Waals surface area (Å²) in [5, 5.41) is 2.75. The third-order valence-electron chi connectivity index (χ3n) is 3.89. The molecule has 0 spiro atoms. The second kappa shape index (κ2) is 8.33. The average molecular weight is 333 g/mol. The largest absolute Gasteiger partial charge is 0.450 e. The molecule has 130 valence electrons. The standard InChI is InChI=1S/C17H23N3O4/c1-3-24-17(23)20-10-8-19(9-11-20)16(22)12-15(21)18-14-7-5-4-6-13(14)2/h4-7H,3,8-12H2,1-2H3,(H,18,21). The van der Waals surface area contributed by atoms with Crippen LogP contribution in [-0.2, 0) is 14.3 Å². The Bertz CT molecular complexity index is 610. The number of anilines is 1. The number of ether oxygens (including phenoxy) is 1. The first-order valence-electron chi connectivity index (χ1n) is 8.06. The second-order valence-electron chi connectivity index (χ2n) is 5.61. The molecule has 1 heterocycles. The maximum absolute atomic E-state index is 12.2. The molecule has 0 saturated carbocycles. The summed E-state index contributed by atoms with van der Waals surface area (Å²) >= 11 is 0. The van der Waals surface area contributed by atoms with Crippen LogP contribution in [0.5, 0.6) is 0 Å². The van der Waals surface area contributed by atoms with Crippen LogP contribution in [0.1, 0.15) is 18.9 Å². The first-order valence-corrected chi connectivity index (χ1v) is 8.06. The molecule has 0 aliphatic carbocycles. The van der Waals surface area contributed by atoms with Crippen molar-refractivity contribution in [1.82, 2.24) is 9.80 Å². The van der Waals surface area contributed by atoms with E-state index in [-0.39, 0.29) is 24.3 Å². The van der Waals surface area contributed by atoms with E-state index in [4.69, 9.17) is 4.74 Å². The van der Waals surface area contributed by atoms with Crippen molar-refractivity contribution in [2.24, 2.45) is 0 Å². The minimum absolute atomic E-state index is 0.201. The Morgan fingerprint density at radius 2 is 1.71 bits per heavy atom. The molecule has 0 unspecified atom stereocenters. The van der Waals surface area contributed by atoms with Crippen molar-refractivity contribution in [2.45, 2.75) is 20.3 Å². The van der Waals surface area contributed by atoms with Gasteiger partial charge in [-0.2, -0.15) is 0 Å². The minimum atomic E-state index is -0.359. The van der Waals surface area contributed by atoms with Gasteiger partial charge in [-0.25, -0.2) is 4.79 Å². The van der Waals surface area contributed by atoms with Crippen molar-refractivity contribution in [3.05, 3.63) is 29.8 Å². The van der Waals surface area contributed by atoms with E-state index in [1.165, 1.54) is 0 Å². The van der Waals surface area contributed by atoms with Gasteiger partial charge in [0.1, 0.15) is 6.42 Å². The van der Waals surface area contributed by atoms with Crippen molar-refractivity contribution >= 4 is 23.6 Å². The molecular weight excluding hydrogens is 310 g/mol. The summed E-state index contributed by atoms with van der Waals surface area (Å²) in [4.78, 5) is 39.0. The van der Waals surface area contributed by atoms with Crippen molar-refractivity contribution in [3.63, 3.8) is 0 Å². The topological polar surface area (TPSA) is 79.0 Å². The highest BCUT2D eigenvalue weighted by Crippen LogP contribution is 2.14. The van der Waals surface area contributed by atoms with Gasteiger partial charge in [0.2, 0.25) is 11.8 Å². The molecule has 2 rings (SSSR count). The third kappa shape index (κ3) is 4.71. The number of amides is 3. The van der Waals surface area contributed by atoms with Gasteiger partial charge in [0.15, 0.2) is 0 Å². The molecule has 0 radical (unpaired) electrons. The van der Waals surface area contributed by atoms with E-state index in [2.05, 4.69) is 5.32 Å². The SMILES string of the molecule is CCOC(=O)N1CCN(C(=O)CC(=O)Nc2ccccc2C)CC1. The number of piperazine rings is 1. The van der Waals surface area contributed by atoms with Crippen molar-refractivity contribution in [2.75, 3.05) is 38.1 Å². The number of hydrogen-bond donors (Lipinski definition) is 1. The van der Waals surface area contributed by atoms with Crippen molar-refractivity contribution in [3.8, 4) is 0 Å². The van der Waals surface area contributed by atoms with Crippen LogP contribution in [-0.4, -0.2) is 60.5 Å². The zero-order valence-corrected chi connectivity index (χ0v) is 14.1. The molecular formula is C17H23N3O4. The zero-order valence-electron chi connectivity index (χ0n) is 14.1. The summed E-state index contributed by atoms with van der Waals surface area (Å²) in [6.45, 7) is 5.65. The number of hydrogen-bond acceptors (Lipinski definition) is 4. The highest BCUT2D eigenvalue weighted by molar-refractivity contribution is 6.03. The zero-order chi connectivity index (χ0) is 17.5. The molecule has 3 amide bonds. The Hall–Kier alpha value is -2.57. The Morgan fingerprint density at radius 1 is 1.08 bits per heavy atom. The second-order valence-corrected chi connectivity index (χ2v) is 5.61. The minimum Gasteiger partial charge on any atom is -0.450 e. The summed E-state index contributed by atoms with van der Waals surface area (Å²) in [5.74, 6) is -0.563. The number of benzene rings is 1. The third-order valence-corrected chi connectivity index (χ3v) is 3.89. The first kappa shape index (κ1) is 17.8. The molecule has 1 aromatic rings. The summed E-state index contributed by atoms with van der Waals surface area (Å²) in [7, 11) is 0. The van der Waals surface area contributed by atoms with Gasteiger partial charge in [0, 0.05) is 31.9 Å². The maximum Gasteiger partial charge on any atom is 0.409 e. The van der Waals surface area contributed by atoms with Gasteiger partial charge >= 0.3 is 6.09 Å². The predicted octanol–water partition coefficient (Wildman–Crippen LogP) is 1.62. The molecule has 0 aromatic heterocycles. The van der Waals surface area contributed by atoms with Crippen LogP contribution in [0.3, 0.4) is 0 Å². The lowest BCUT2D eigenvalue weighted by Gasteiger charge is -2.34. The predicted molar refractivity (Wildman–Crippen MR) is 89.6 cm³/mol. The summed E-state index contributed by atoms with van der Waals surface area (Å²) in [6, 6.07) is 7.42. The molecule has 1 fully saturated rings. The lowest BCUT2D eigenvalue weighted by atomic mass is 10.2. The van der Waals surface area contributed by atoms with Gasteiger partial charge < -0.3 is 19.9 Å². The fourth-order valence-electron chi connectivity index (χ4n) is 2.51. The molecule has 1 aliphatic heterocycles. The van der Waals surface area contributed by atoms with Gasteiger partial charge in [0.25, 0.3) is 0 Å². The van der Waals surface area contributed by atoms with Gasteiger partial charge in [-0.3, -0.25) is 9.59 Å². The fraction of sp³-hybridized carbons (Fsp3) is 0.471. The lowest BCUT2D eigenvalue weighted by molar-refractivity contribution is -0.135. The number of nitrogens with zero attached hydrogens (tertiary/aromatic N) is 2. The number of para-hydroxylation sites is 1. The Kier molecular flexibility index (Phi) is 6.17. The number of rotatable bonds is 4. The molecule has 7 heteroatoms. The summed E-state index contributed by atoms with van der Waals surface area (Å²) < 4.78 is 4.94. The van der Waals surface area contributed by atoms with E-state index in [0.717, 1.165) is 5.56 Å². The van der Waals surface area contributed by atoms with E-state index in [9.17, 15) is 14.4 Å². The number of aryl methyl sites for hydroxylation is 1. The molecule has 24 heavy (non-hydrogen) atoms. The number of carbonyl (C=O) groups is 3. The monoisotopic (exact) mass is 333 g/mol. The van der Waals surface area contributed by atoms with Crippen LogP contribution in [0.4, 0.5) is 10.5 Å². The van der Waals surface area contributed by atoms with Gasteiger partial charge in [-0.05, 0) is 25.5 Å². The normalized spacial score (nSPS) is 14.2. The van der Waals surface area contributed by atoms with Crippen LogP contribution < -0.4 is 5.32 Å². The van der Waals surface area contributed by atoms with E-state index in [1.54, 1.807) is 22.8 Å². The lowest BCUT2D eigenvalue weighted by Crippen LogP contribution is -2.51. The summed E-state index contributed by atoms with van der Waals surface area (Å²) in [6.07, 6.45) is -0.560. The first-order chi connectivity index (χ1) is 11.5. The van der Waals surface area contributed by atoms with E-state index in [0.29, 0.717) is 38.5 Å². The number of nitrogens with one attached hydrogen (secondary N) is 1. The van der Waals surface area contributed by atoms with E-state index in [1.807, 2.05) is 25.1 Å². The Morgan fingerprint density at radius 3 is 2.33 bits per heavy atom. The smallest absolute Gasteiger partial charge is 0.409 e. The molecule has 0 atom stereocenters. The van der Waals surface area contributed by atoms with Crippen LogP contribution in [0.25, 0.3) is 0 Å². The van der Waals surface area contributed by atoms with Crippen molar-refractivity contribution in [1.29, 1.82) is 0 Å². The molecule has 1 N–H and O–H groups in total. The number of carbonyl (C=O) groups excluding carboxylic acids is 3. The average Bonchev–Trinajstić information content (AvgIpc) is 2.57. The van der Waals surface area contributed by atoms with Crippen LogP contribution >= 0.6 is 0 Å². The highest BCUT2D eigenvalue weighted by atomic mass is 16.6. The van der Waals surface area contributed by atoms with Gasteiger partial charge in [-0.15, -0.1) is 0 Å². The highest BCUT2D eigenvalue weighted by Gasteiger charge is 2.25.